The van der Waals surface area contributed by atoms with Gasteiger partial charge in [-0.05, 0) is 12.5 Å². The first-order chi connectivity index (χ1) is 13.4. The summed E-state index contributed by atoms with van der Waals surface area (Å²) in [6.45, 7) is 2.79. The normalized spacial score (nSPS) is 15.5. The van der Waals surface area contributed by atoms with Crippen molar-refractivity contribution in [2.45, 2.75) is 19.4 Å². The van der Waals surface area contributed by atoms with E-state index in [0.29, 0.717) is 25.5 Å². The van der Waals surface area contributed by atoms with Crippen LogP contribution in [-0.2, 0) is 17.1 Å². The average molecular weight is 402 g/mol. The fraction of sp³-hybridized carbons (Fsp3) is 0.412. The minimum absolute atomic E-state index is 0.0511. The predicted octanol–water partition coefficient (Wildman–Crippen LogP) is 1.41. The summed E-state index contributed by atoms with van der Waals surface area (Å²) in [6.07, 6.45) is 9.47. The van der Waals surface area contributed by atoms with E-state index in [2.05, 4.69) is 25.5 Å². The molecule has 0 amide bonds. The van der Waals surface area contributed by atoms with Crippen LogP contribution in [0.3, 0.4) is 0 Å². The van der Waals surface area contributed by atoms with E-state index in [1.54, 1.807) is 23.3 Å². The molecule has 10 nitrogen and oxygen atoms in total. The van der Waals surface area contributed by atoms with Gasteiger partial charge in [0.2, 0.25) is 16.0 Å². The summed E-state index contributed by atoms with van der Waals surface area (Å²) < 4.78 is 29.2. The molecule has 4 heterocycles. The summed E-state index contributed by atoms with van der Waals surface area (Å²) in [7, 11) is -1.30. The molecule has 1 aliphatic heterocycles. The topological polar surface area (TPSA) is 111 Å². The number of rotatable bonds is 7. The number of nitrogens with zero attached hydrogens (tertiary/aromatic N) is 7. The highest BCUT2D eigenvalue weighted by molar-refractivity contribution is 7.89. The minimum atomic E-state index is -3.14. The molecule has 1 saturated heterocycles. The van der Waals surface area contributed by atoms with Gasteiger partial charge in [0.1, 0.15) is 0 Å². The molecule has 0 atom stereocenters. The highest BCUT2D eigenvalue weighted by Crippen LogP contribution is 2.26. The van der Waals surface area contributed by atoms with Crippen molar-refractivity contribution in [2.24, 2.45) is 7.05 Å². The van der Waals surface area contributed by atoms with Gasteiger partial charge in [-0.25, -0.2) is 18.4 Å². The number of aromatic nitrogens is 6. The number of anilines is 2. The SMILES string of the molecule is CCCS(=O)(=O)N1CC(n2cc(-c3ccnc(Nc4cnn(C)c4)n3)cn2)C1. The maximum Gasteiger partial charge on any atom is 0.227 e. The van der Waals surface area contributed by atoms with Crippen molar-refractivity contribution < 1.29 is 8.42 Å². The van der Waals surface area contributed by atoms with Crippen molar-refractivity contribution >= 4 is 21.7 Å². The smallest absolute Gasteiger partial charge is 0.227 e. The van der Waals surface area contributed by atoms with Crippen LogP contribution in [0.5, 0.6) is 0 Å². The first kappa shape index (κ1) is 18.6. The molecule has 0 aliphatic carbocycles. The summed E-state index contributed by atoms with van der Waals surface area (Å²) in [5.74, 6) is 0.663. The molecule has 0 spiro atoms. The Labute approximate surface area is 163 Å². The summed E-state index contributed by atoms with van der Waals surface area (Å²) in [4.78, 5) is 8.76. The second kappa shape index (κ2) is 7.32. The van der Waals surface area contributed by atoms with Crippen LogP contribution in [0, 0.1) is 0 Å². The van der Waals surface area contributed by atoms with Crippen molar-refractivity contribution in [3.63, 3.8) is 0 Å². The van der Waals surface area contributed by atoms with Crippen molar-refractivity contribution in [3.8, 4) is 11.3 Å². The largest absolute Gasteiger partial charge is 0.321 e. The molecule has 0 aromatic carbocycles. The number of aryl methyl sites for hydroxylation is 1. The number of hydrogen-bond acceptors (Lipinski definition) is 7. The third-order valence-corrected chi connectivity index (χ3v) is 6.58. The van der Waals surface area contributed by atoms with Crippen molar-refractivity contribution in [2.75, 3.05) is 24.2 Å². The lowest BCUT2D eigenvalue weighted by Gasteiger charge is -2.37. The van der Waals surface area contributed by atoms with Crippen LogP contribution in [0.15, 0.2) is 37.1 Å². The summed E-state index contributed by atoms with van der Waals surface area (Å²) in [5, 5.41) is 11.6. The van der Waals surface area contributed by atoms with Gasteiger partial charge in [0.25, 0.3) is 0 Å². The van der Waals surface area contributed by atoms with Crippen LogP contribution in [0.2, 0.25) is 0 Å². The fourth-order valence-corrected chi connectivity index (χ4v) is 4.64. The molecule has 0 radical (unpaired) electrons. The summed E-state index contributed by atoms with van der Waals surface area (Å²) in [5.41, 5.74) is 2.40. The Morgan fingerprint density at radius 3 is 2.75 bits per heavy atom. The van der Waals surface area contributed by atoms with Crippen molar-refractivity contribution in [1.29, 1.82) is 0 Å². The molecule has 1 aliphatic rings. The summed E-state index contributed by atoms with van der Waals surface area (Å²) in [6, 6.07) is 1.87. The highest BCUT2D eigenvalue weighted by Gasteiger charge is 2.36. The molecule has 11 heteroatoms. The van der Waals surface area contributed by atoms with Gasteiger partial charge < -0.3 is 5.32 Å². The molecule has 3 aromatic heterocycles. The van der Waals surface area contributed by atoms with E-state index >= 15 is 0 Å². The molecule has 4 rings (SSSR count). The lowest BCUT2D eigenvalue weighted by Crippen LogP contribution is -2.51. The average Bonchev–Trinajstić information content (AvgIpc) is 3.23. The van der Waals surface area contributed by atoms with Crippen LogP contribution in [0.4, 0.5) is 11.6 Å². The van der Waals surface area contributed by atoms with Gasteiger partial charge in [0.15, 0.2) is 0 Å². The minimum Gasteiger partial charge on any atom is -0.321 e. The molecule has 148 valence electrons. The van der Waals surface area contributed by atoms with Crippen LogP contribution in [0.25, 0.3) is 11.3 Å². The zero-order chi connectivity index (χ0) is 19.7. The fourth-order valence-electron chi connectivity index (χ4n) is 3.06. The van der Waals surface area contributed by atoms with E-state index in [1.165, 1.54) is 4.31 Å². The van der Waals surface area contributed by atoms with Crippen molar-refractivity contribution in [1.82, 2.24) is 33.8 Å². The van der Waals surface area contributed by atoms with Crippen LogP contribution < -0.4 is 5.32 Å². The Balaban J connectivity index is 1.44. The van der Waals surface area contributed by atoms with Gasteiger partial charge in [0.05, 0.1) is 35.6 Å². The Morgan fingerprint density at radius 1 is 1.21 bits per heavy atom. The zero-order valence-electron chi connectivity index (χ0n) is 15.7. The van der Waals surface area contributed by atoms with E-state index in [4.69, 9.17) is 0 Å². The molecule has 0 bridgehead atoms. The number of nitrogens with one attached hydrogen (secondary N) is 1. The Kier molecular flexibility index (Phi) is 4.85. The molecule has 1 N–H and O–H groups in total. The quantitative estimate of drug-likeness (QED) is 0.636. The van der Waals surface area contributed by atoms with E-state index in [9.17, 15) is 8.42 Å². The number of sulfonamides is 1. The van der Waals surface area contributed by atoms with Gasteiger partial charge in [-0.1, -0.05) is 6.92 Å². The maximum absolute atomic E-state index is 12.1. The summed E-state index contributed by atoms with van der Waals surface area (Å²) >= 11 is 0. The molecule has 0 saturated carbocycles. The molecule has 1 fully saturated rings. The second-order valence-corrected chi connectivity index (χ2v) is 8.88. The monoisotopic (exact) mass is 402 g/mol. The first-order valence-corrected chi connectivity index (χ1v) is 10.7. The Hall–Kier alpha value is -2.79. The maximum atomic E-state index is 12.1. The van der Waals surface area contributed by atoms with Gasteiger partial charge in [-0.15, -0.1) is 0 Å². The third-order valence-electron chi connectivity index (χ3n) is 4.57. The molecular formula is C17H22N8O2S. The molecule has 3 aromatic rings. The van der Waals surface area contributed by atoms with Crippen LogP contribution >= 0.6 is 0 Å². The lowest BCUT2D eigenvalue weighted by atomic mass is 10.2. The van der Waals surface area contributed by atoms with Crippen LogP contribution in [-0.4, -0.2) is 61.1 Å². The van der Waals surface area contributed by atoms with Gasteiger partial charge in [-0.3, -0.25) is 9.36 Å². The van der Waals surface area contributed by atoms with Crippen LogP contribution in [0.1, 0.15) is 19.4 Å². The second-order valence-electron chi connectivity index (χ2n) is 6.79. The lowest BCUT2D eigenvalue weighted by molar-refractivity contribution is 0.191. The molecular weight excluding hydrogens is 380 g/mol. The van der Waals surface area contributed by atoms with E-state index in [0.717, 1.165) is 16.9 Å². The van der Waals surface area contributed by atoms with E-state index in [1.807, 2.05) is 37.1 Å². The predicted molar refractivity (Wildman–Crippen MR) is 104 cm³/mol. The van der Waals surface area contributed by atoms with Gasteiger partial charge in [-0.2, -0.15) is 14.5 Å². The van der Waals surface area contributed by atoms with Crippen molar-refractivity contribution in [3.05, 3.63) is 37.1 Å². The Morgan fingerprint density at radius 2 is 2.04 bits per heavy atom. The zero-order valence-corrected chi connectivity index (χ0v) is 16.5. The van der Waals surface area contributed by atoms with E-state index in [-0.39, 0.29) is 11.8 Å². The first-order valence-electron chi connectivity index (χ1n) is 9.05. The van der Waals surface area contributed by atoms with Gasteiger partial charge >= 0.3 is 0 Å². The molecule has 0 unspecified atom stereocenters. The third kappa shape index (κ3) is 3.76. The Bertz CT molecular complexity index is 1070. The highest BCUT2D eigenvalue weighted by atomic mass is 32.2. The number of hydrogen-bond donors (Lipinski definition) is 1. The van der Waals surface area contributed by atoms with E-state index < -0.39 is 10.0 Å². The molecule has 28 heavy (non-hydrogen) atoms. The van der Waals surface area contributed by atoms with Gasteiger partial charge in [0, 0.05) is 44.3 Å². The standard InChI is InChI=1S/C17H22N8O2S/c1-3-6-28(26,27)24-11-15(12-24)25-9-13(7-20-25)16-4-5-18-17(22-16)21-14-8-19-23(2)10-14/h4-5,7-10,15H,3,6,11-12H2,1-2H3,(H,18,21,22).